The number of aromatic nitrogens is 4. The van der Waals surface area contributed by atoms with Crippen molar-refractivity contribution in [2.24, 2.45) is 0 Å². The van der Waals surface area contributed by atoms with Gasteiger partial charge in [0.25, 0.3) is 0 Å². The van der Waals surface area contributed by atoms with E-state index in [1.165, 1.54) is 22.3 Å². The van der Waals surface area contributed by atoms with Crippen molar-refractivity contribution < 1.29 is 0 Å². The summed E-state index contributed by atoms with van der Waals surface area (Å²) in [4.78, 5) is 0. The molecule has 5 heteroatoms. The molecule has 0 aliphatic carbocycles. The lowest BCUT2D eigenvalue weighted by Crippen LogP contribution is -2.35. The van der Waals surface area contributed by atoms with Gasteiger partial charge in [-0.15, -0.1) is 5.10 Å². The number of benzene rings is 2. The minimum Gasteiger partial charge on any atom is -0.373 e. The zero-order valence-electron chi connectivity index (χ0n) is 17.2. The van der Waals surface area contributed by atoms with Gasteiger partial charge in [0.15, 0.2) is 5.82 Å². The van der Waals surface area contributed by atoms with Crippen LogP contribution < -0.4 is 5.32 Å². The first-order valence-electron chi connectivity index (χ1n) is 9.62. The average molecular weight is 364 g/mol. The van der Waals surface area contributed by atoms with Crippen LogP contribution in [0.3, 0.4) is 0 Å². The van der Waals surface area contributed by atoms with Crippen LogP contribution in [0, 0.1) is 20.8 Å². The first kappa shape index (κ1) is 19.1. The lowest BCUT2D eigenvalue weighted by atomic mass is 9.95. The van der Waals surface area contributed by atoms with Crippen molar-refractivity contribution in [3.8, 4) is 5.69 Å². The second kappa shape index (κ2) is 7.51. The van der Waals surface area contributed by atoms with Gasteiger partial charge < -0.3 is 5.32 Å². The van der Waals surface area contributed by atoms with Crippen molar-refractivity contribution in [3.05, 3.63) is 64.5 Å². The van der Waals surface area contributed by atoms with E-state index in [4.69, 9.17) is 0 Å². The van der Waals surface area contributed by atoms with E-state index in [1.54, 1.807) is 0 Å². The summed E-state index contributed by atoms with van der Waals surface area (Å²) >= 11 is 0. The fourth-order valence-electron chi connectivity index (χ4n) is 3.54. The first-order chi connectivity index (χ1) is 12.9. The molecule has 0 saturated carbocycles. The van der Waals surface area contributed by atoms with Crippen LogP contribution in [0.2, 0.25) is 0 Å². The third kappa shape index (κ3) is 3.59. The maximum absolute atomic E-state index is 4.43. The molecule has 0 bridgehead atoms. The molecule has 1 unspecified atom stereocenters. The second-order valence-corrected chi connectivity index (χ2v) is 7.48. The Morgan fingerprint density at radius 2 is 1.81 bits per heavy atom. The van der Waals surface area contributed by atoms with Gasteiger partial charge in [-0.1, -0.05) is 49.7 Å². The summed E-state index contributed by atoms with van der Waals surface area (Å²) in [6.07, 6.45) is 1.79. The summed E-state index contributed by atoms with van der Waals surface area (Å²) in [5, 5.41) is 16.5. The highest BCUT2D eigenvalue weighted by Crippen LogP contribution is 2.32. The Labute approximate surface area is 161 Å². The lowest BCUT2D eigenvalue weighted by molar-refractivity contribution is 0.473. The van der Waals surface area contributed by atoms with Crippen LogP contribution in [0.15, 0.2) is 36.4 Å². The van der Waals surface area contributed by atoms with E-state index in [0.717, 1.165) is 30.0 Å². The van der Waals surface area contributed by atoms with Crippen molar-refractivity contribution in [2.75, 3.05) is 5.32 Å². The molecule has 5 nitrogen and oxygen atoms in total. The van der Waals surface area contributed by atoms with E-state index in [9.17, 15) is 0 Å². The van der Waals surface area contributed by atoms with Crippen LogP contribution >= 0.6 is 0 Å². The van der Waals surface area contributed by atoms with Crippen LogP contribution in [0.25, 0.3) is 5.69 Å². The number of anilines is 1. The van der Waals surface area contributed by atoms with Gasteiger partial charge in [0.05, 0.1) is 11.2 Å². The summed E-state index contributed by atoms with van der Waals surface area (Å²) in [6.45, 7) is 12.8. The maximum Gasteiger partial charge on any atom is 0.181 e. The number of hydrogen-bond donors (Lipinski definition) is 1. The van der Waals surface area contributed by atoms with Crippen LogP contribution in [-0.4, -0.2) is 20.2 Å². The van der Waals surface area contributed by atoms with Gasteiger partial charge in [0, 0.05) is 5.69 Å². The molecule has 0 spiro atoms. The summed E-state index contributed by atoms with van der Waals surface area (Å²) in [7, 11) is 0. The predicted octanol–water partition coefficient (Wildman–Crippen LogP) is 4.89. The molecule has 0 fully saturated rings. The number of aryl methyl sites for hydroxylation is 4. The smallest absolute Gasteiger partial charge is 0.181 e. The molecule has 0 saturated heterocycles. The van der Waals surface area contributed by atoms with Crippen molar-refractivity contribution in [1.82, 2.24) is 20.2 Å². The highest BCUT2D eigenvalue weighted by Gasteiger charge is 2.32. The van der Waals surface area contributed by atoms with Crippen molar-refractivity contribution in [2.45, 2.75) is 59.9 Å². The lowest BCUT2D eigenvalue weighted by Gasteiger charge is -2.31. The molecular formula is C22H29N5. The van der Waals surface area contributed by atoms with E-state index in [-0.39, 0.29) is 0 Å². The zero-order chi connectivity index (χ0) is 19.6. The van der Waals surface area contributed by atoms with E-state index in [0.29, 0.717) is 0 Å². The molecule has 1 aromatic heterocycles. The molecule has 27 heavy (non-hydrogen) atoms. The summed E-state index contributed by atoms with van der Waals surface area (Å²) in [5.41, 5.74) is 6.70. The highest BCUT2D eigenvalue weighted by molar-refractivity contribution is 5.55. The molecule has 0 aliphatic heterocycles. The number of tetrazole rings is 1. The first-order valence-corrected chi connectivity index (χ1v) is 9.62. The van der Waals surface area contributed by atoms with Crippen LogP contribution in [-0.2, 0) is 12.0 Å². The van der Waals surface area contributed by atoms with Gasteiger partial charge >= 0.3 is 0 Å². The van der Waals surface area contributed by atoms with Gasteiger partial charge in [-0.05, 0) is 73.7 Å². The molecule has 0 aliphatic rings. The molecule has 1 atom stereocenters. The van der Waals surface area contributed by atoms with Gasteiger partial charge in [0.1, 0.15) is 0 Å². The maximum atomic E-state index is 4.43. The Morgan fingerprint density at radius 3 is 2.48 bits per heavy atom. The fraction of sp³-hybridized carbons (Fsp3) is 0.409. The zero-order valence-corrected chi connectivity index (χ0v) is 17.2. The Bertz CT molecular complexity index is 944. The summed E-state index contributed by atoms with van der Waals surface area (Å²) < 4.78 is 1.91. The van der Waals surface area contributed by atoms with Crippen LogP contribution in [0.5, 0.6) is 0 Å². The normalized spacial score (nSPS) is 13.4. The molecular weight excluding hydrogens is 334 g/mol. The van der Waals surface area contributed by atoms with E-state index >= 15 is 0 Å². The Hall–Kier alpha value is -2.69. The summed E-state index contributed by atoms with van der Waals surface area (Å²) in [5.74, 6) is 0.828. The molecule has 0 amide bonds. The van der Waals surface area contributed by atoms with E-state index in [2.05, 4.69) is 98.8 Å². The van der Waals surface area contributed by atoms with Crippen LogP contribution in [0.4, 0.5) is 5.69 Å². The average Bonchev–Trinajstić information content (AvgIpc) is 3.13. The van der Waals surface area contributed by atoms with Crippen molar-refractivity contribution in [3.63, 3.8) is 0 Å². The number of nitrogens with zero attached hydrogens (tertiary/aromatic N) is 4. The molecule has 2 aromatic carbocycles. The largest absolute Gasteiger partial charge is 0.373 e. The topological polar surface area (TPSA) is 55.6 Å². The van der Waals surface area contributed by atoms with Crippen molar-refractivity contribution in [1.29, 1.82) is 0 Å². The van der Waals surface area contributed by atoms with E-state index < -0.39 is 5.54 Å². The second-order valence-electron chi connectivity index (χ2n) is 7.48. The monoisotopic (exact) mass is 363 g/mol. The minimum absolute atomic E-state index is 0.392. The number of nitrogens with one attached hydrogen (secondary N) is 1. The molecule has 3 aromatic rings. The van der Waals surface area contributed by atoms with Crippen LogP contribution in [0.1, 0.15) is 55.3 Å². The molecule has 142 valence electrons. The predicted molar refractivity (Wildman–Crippen MR) is 110 cm³/mol. The number of rotatable bonds is 6. The third-order valence-corrected chi connectivity index (χ3v) is 5.38. The highest BCUT2D eigenvalue weighted by atomic mass is 15.6. The SMILES string of the molecule is CCc1cccc(C)c1-n1nnnc1C(C)(CC)Nc1ccc(C)cc1C. The molecule has 1 N–H and O–H groups in total. The minimum atomic E-state index is -0.392. The summed E-state index contributed by atoms with van der Waals surface area (Å²) in [6, 6.07) is 12.8. The Kier molecular flexibility index (Phi) is 5.31. The number of hydrogen-bond acceptors (Lipinski definition) is 4. The standard InChI is InChI=1S/C22H29N5/c1-7-18-11-9-10-16(4)20(18)27-21(24-25-26-27)22(6,8-2)23-19-13-12-15(3)14-17(19)5/h9-14,23H,7-8H2,1-6H3. The van der Waals surface area contributed by atoms with E-state index in [1.807, 2.05) is 4.68 Å². The Morgan fingerprint density at radius 1 is 1.04 bits per heavy atom. The van der Waals surface area contributed by atoms with Gasteiger partial charge in [0.2, 0.25) is 0 Å². The van der Waals surface area contributed by atoms with Gasteiger partial charge in [-0.3, -0.25) is 0 Å². The quantitative estimate of drug-likeness (QED) is 0.677. The van der Waals surface area contributed by atoms with Gasteiger partial charge in [-0.2, -0.15) is 4.68 Å². The van der Waals surface area contributed by atoms with Crippen molar-refractivity contribution >= 4 is 5.69 Å². The Balaban J connectivity index is 2.09. The number of para-hydroxylation sites is 1. The molecule has 3 rings (SSSR count). The molecule has 0 radical (unpaired) electrons. The fourth-order valence-corrected chi connectivity index (χ4v) is 3.54. The van der Waals surface area contributed by atoms with Gasteiger partial charge in [-0.25, -0.2) is 0 Å². The molecule has 1 heterocycles. The third-order valence-electron chi connectivity index (χ3n) is 5.38.